The number of hydrogen-bond donors (Lipinski definition) is 0. The first kappa shape index (κ1) is 14.1. The van der Waals surface area contributed by atoms with E-state index in [4.69, 9.17) is 4.74 Å². The second-order valence-electron chi connectivity index (χ2n) is 6.27. The Kier molecular flexibility index (Phi) is 3.42. The van der Waals surface area contributed by atoms with E-state index in [1.54, 1.807) is 7.11 Å². The molecule has 0 heterocycles. The van der Waals surface area contributed by atoms with Gasteiger partial charge in [0.2, 0.25) is 0 Å². The Balaban J connectivity index is 1.70. The zero-order valence-corrected chi connectivity index (χ0v) is 13.5. The standard InChI is InChI=1S/C22H20O/c1-15-6-8-16(9-7-15)21-14-22(20-5-3-4-19(20)21)17-10-12-18(23-2)13-11-17/h3-13,22H,14H2,1-2H3. The minimum atomic E-state index is 0.446. The highest BCUT2D eigenvalue weighted by atomic mass is 16.5. The summed E-state index contributed by atoms with van der Waals surface area (Å²) in [6.07, 6.45) is 7.77. The molecular weight excluding hydrogens is 280 g/mol. The van der Waals surface area contributed by atoms with Crippen molar-refractivity contribution in [3.63, 3.8) is 0 Å². The summed E-state index contributed by atoms with van der Waals surface area (Å²) in [6.45, 7) is 2.14. The fourth-order valence-electron chi connectivity index (χ4n) is 3.60. The van der Waals surface area contributed by atoms with Crippen LogP contribution in [0.25, 0.3) is 5.57 Å². The molecule has 0 fully saturated rings. The van der Waals surface area contributed by atoms with Crippen LogP contribution in [-0.2, 0) is 0 Å². The number of aryl methyl sites for hydroxylation is 1. The summed E-state index contributed by atoms with van der Waals surface area (Å²) in [5.74, 6) is 1.36. The van der Waals surface area contributed by atoms with Gasteiger partial charge in [0, 0.05) is 5.92 Å². The van der Waals surface area contributed by atoms with Gasteiger partial charge in [-0.15, -0.1) is 0 Å². The molecule has 0 saturated carbocycles. The highest BCUT2D eigenvalue weighted by Gasteiger charge is 2.31. The second kappa shape index (κ2) is 5.58. The van der Waals surface area contributed by atoms with Crippen molar-refractivity contribution in [2.75, 3.05) is 7.11 Å². The van der Waals surface area contributed by atoms with E-state index in [-0.39, 0.29) is 0 Å². The van der Waals surface area contributed by atoms with Gasteiger partial charge in [-0.05, 0) is 53.3 Å². The minimum absolute atomic E-state index is 0.446. The van der Waals surface area contributed by atoms with Gasteiger partial charge >= 0.3 is 0 Å². The number of ether oxygens (including phenoxy) is 1. The molecule has 0 aromatic heterocycles. The molecule has 23 heavy (non-hydrogen) atoms. The van der Waals surface area contributed by atoms with E-state index in [1.165, 1.54) is 33.4 Å². The van der Waals surface area contributed by atoms with Crippen molar-refractivity contribution >= 4 is 5.57 Å². The summed E-state index contributed by atoms with van der Waals surface area (Å²) in [5.41, 5.74) is 8.34. The van der Waals surface area contributed by atoms with E-state index in [0.29, 0.717) is 5.92 Å². The maximum Gasteiger partial charge on any atom is 0.118 e. The van der Waals surface area contributed by atoms with Crippen molar-refractivity contribution in [1.82, 2.24) is 0 Å². The third-order valence-corrected chi connectivity index (χ3v) is 4.88. The van der Waals surface area contributed by atoms with Crippen molar-refractivity contribution < 1.29 is 4.74 Å². The third-order valence-electron chi connectivity index (χ3n) is 4.88. The van der Waals surface area contributed by atoms with E-state index >= 15 is 0 Å². The Hall–Kier alpha value is -2.54. The second-order valence-corrected chi connectivity index (χ2v) is 6.27. The number of methoxy groups -OCH3 is 1. The van der Waals surface area contributed by atoms with Gasteiger partial charge in [-0.1, -0.05) is 60.2 Å². The first-order chi connectivity index (χ1) is 11.3. The van der Waals surface area contributed by atoms with Gasteiger partial charge in [0.15, 0.2) is 0 Å². The maximum atomic E-state index is 5.28. The van der Waals surface area contributed by atoms with Crippen LogP contribution in [0.4, 0.5) is 0 Å². The first-order valence-electron chi connectivity index (χ1n) is 8.09. The summed E-state index contributed by atoms with van der Waals surface area (Å²) in [7, 11) is 1.71. The van der Waals surface area contributed by atoms with Crippen LogP contribution >= 0.6 is 0 Å². The number of rotatable bonds is 3. The molecule has 0 spiro atoms. The van der Waals surface area contributed by atoms with Crippen molar-refractivity contribution in [1.29, 1.82) is 0 Å². The van der Waals surface area contributed by atoms with Crippen molar-refractivity contribution in [3.05, 3.63) is 94.6 Å². The van der Waals surface area contributed by atoms with Crippen molar-refractivity contribution in [2.24, 2.45) is 0 Å². The van der Waals surface area contributed by atoms with Crippen LogP contribution in [0.15, 0.2) is 77.9 Å². The van der Waals surface area contributed by atoms with E-state index in [0.717, 1.165) is 12.2 Å². The summed E-state index contributed by atoms with van der Waals surface area (Å²) in [5, 5.41) is 0. The van der Waals surface area contributed by atoms with Crippen LogP contribution in [0.3, 0.4) is 0 Å². The molecule has 2 aliphatic rings. The minimum Gasteiger partial charge on any atom is -0.497 e. The van der Waals surface area contributed by atoms with Gasteiger partial charge < -0.3 is 4.74 Å². The predicted octanol–water partition coefficient (Wildman–Crippen LogP) is 5.44. The zero-order chi connectivity index (χ0) is 15.8. The van der Waals surface area contributed by atoms with Gasteiger partial charge in [0.25, 0.3) is 0 Å². The quantitative estimate of drug-likeness (QED) is 0.733. The lowest BCUT2D eigenvalue weighted by atomic mass is 9.91. The third kappa shape index (κ3) is 2.43. The molecule has 2 aromatic carbocycles. The molecule has 2 aromatic rings. The zero-order valence-electron chi connectivity index (χ0n) is 13.5. The Bertz CT molecular complexity index is 817. The highest BCUT2D eigenvalue weighted by Crippen LogP contribution is 2.49. The SMILES string of the molecule is COc1ccc(C2CC(c3ccc(C)cc3)=C3C=CC=C32)cc1. The smallest absolute Gasteiger partial charge is 0.118 e. The fraction of sp³-hybridized carbons (Fsp3) is 0.182. The van der Waals surface area contributed by atoms with E-state index in [9.17, 15) is 0 Å². The van der Waals surface area contributed by atoms with Crippen molar-refractivity contribution in [2.45, 2.75) is 19.3 Å². The molecule has 114 valence electrons. The van der Waals surface area contributed by atoms with Crippen molar-refractivity contribution in [3.8, 4) is 5.75 Å². The number of hydrogen-bond acceptors (Lipinski definition) is 1. The van der Waals surface area contributed by atoms with Crippen LogP contribution in [0.1, 0.15) is 29.0 Å². The van der Waals surface area contributed by atoms with Crippen LogP contribution < -0.4 is 4.74 Å². The molecule has 1 unspecified atom stereocenters. The molecule has 0 N–H and O–H groups in total. The molecule has 1 nitrogen and oxygen atoms in total. The predicted molar refractivity (Wildman–Crippen MR) is 95.7 cm³/mol. The first-order valence-corrected chi connectivity index (χ1v) is 8.09. The lowest BCUT2D eigenvalue weighted by molar-refractivity contribution is 0.414. The van der Waals surface area contributed by atoms with Gasteiger partial charge in [0.05, 0.1) is 7.11 Å². The highest BCUT2D eigenvalue weighted by molar-refractivity contribution is 5.83. The van der Waals surface area contributed by atoms with Crippen LogP contribution in [0.2, 0.25) is 0 Å². The summed E-state index contributed by atoms with van der Waals surface area (Å²) >= 11 is 0. The summed E-state index contributed by atoms with van der Waals surface area (Å²) < 4.78 is 5.28. The lowest BCUT2D eigenvalue weighted by Crippen LogP contribution is -1.97. The van der Waals surface area contributed by atoms with Crippen LogP contribution in [0, 0.1) is 6.92 Å². The number of benzene rings is 2. The largest absolute Gasteiger partial charge is 0.497 e. The average molecular weight is 300 g/mol. The van der Waals surface area contributed by atoms with Gasteiger partial charge in [-0.3, -0.25) is 0 Å². The summed E-state index contributed by atoms with van der Waals surface area (Å²) in [6, 6.07) is 17.4. The van der Waals surface area contributed by atoms with Gasteiger partial charge in [-0.2, -0.15) is 0 Å². The molecular formula is C22H20O. The molecule has 0 bridgehead atoms. The molecule has 0 radical (unpaired) electrons. The van der Waals surface area contributed by atoms with E-state index in [1.807, 2.05) is 0 Å². The maximum absolute atomic E-state index is 5.28. The number of fused-ring (bicyclic) bond motifs is 1. The molecule has 1 atom stereocenters. The van der Waals surface area contributed by atoms with E-state index < -0.39 is 0 Å². The monoisotopic (exact) mass is 300 g/mol. The van der Waals surface area contributed by atoms with Crippen LogP contribution in [0.5, 0.6) is 5.75 Å². The normalized spacial score (nSPS) is 19.0. The topological polar surface area (TPSA) is 9.23 Å². The average Bonchev–Trinajstić information content (AvgIpc) is 3.18. The molecule has 0 amide bonds. The van der Waals surface area contributed by atoms with Gasteiger partial charge in [0.1, 0.15) is 5.75 Å². The van der Waals surface area contributed by atoms with Crippen LogP contribution in [-0.4, -0.2) is 7.11 Å². The molecule has 1 heteroatoms. The lowest BCUT2D eigenvalue weighted by Gasteiger charge is -2.14. The van der Waals surface area contributed by atoms with E-state index in [2.05, 4.69) is 73.7 Å². The molecule has 4 rings (SSSR count). The Labute approximate surface area is 137 Å². The summed E-state index contributed by atoms with van der Waals surface area (Å²) in [4.78, 5) is 0. The Morgan fingerprint density at radius 2 is 1.70 bits per heavy atom. The molecule has 0 aliphatic heterocycles. The Morgan fingerprint density at radius 1 is 0.957 bits per heavy atom. The molecule has 0 saturated heterocycles. The number of allylic oxidation sites excluding steroid dienone is 6. The Morgan fingerprint density at radius 3 is 2.39 bits per heavy atom. The van der Waals surface area contributed by atoms with Gasteiger partial charge in [-0.25, -0.2) is 0 Å². The fourth-order valence-corrected chi connectivity index (χ4v) is 3.60. The molecule has 2 aliphatic carbocycles.